The lowest BCUT2D eigenvalue weighted by Crippen LogP contribution is -2.52. The Kier molecular flexibility index (Phi) is 7.33. The number of benzene rings is 2. The molecule has 1 atom stereocenters. The highest BCUT2D eigenvalue weighted by molar-refractivity contribution is 5.98. The summed E-state index contributed by atoms with van der Waals surface area (Å²) in [7, 11) is 0. The summed E-state index contributed by atoms with van der Waals surface area (Å²) in [6, 6.07) is 17.2. The SMILES string of the molecule is CC(=O)c1cccc(NC(=O)[C@H](C)N2CCN(C/C=C/c3ccccc3)CC2)c1. The van der Waals surface area contributed by atoms with Gasteiger partial charge in [-0.3, -0.25) is 19.4 Å². The molecule has 5 heteroatoms. The number of nitrogens with zero attached hydrogens (tertiary/aromatic N) is 2. The second kappa shape index (κ2) is 10.1. The summed E-state index contributed by atoms with van der Waals surface area (Å²) in [5, 5.41) is 2.94. The Balaban J connectivity index is 1.46. The molecule has 5 nitrogen and oxygen atoms in total. The second-order valence-corrected chi connectivity index (χ2v) is 7.45. The molecule has 0 aromatic heterocycles. The van der Waals surface area contributed by atoms with Gasteiger partial charge >= 0.3 is 0 Å². The number of anilines is 1. The molecule has 1 saturated heterocycles. The first-order valence-electron chi connectivity index (χ1n) is 10.1. The van der Waals surface area contributed by atoms with Crippen LogP contribution >= 0.6 is 0 Å². The van der Waals surface area contributed by atoms with E-state index in [0.717, 1.165) is 32.7 Å². The first-order chi connectivity index (χ1) is 14.0. The van der Waals surface area contributed by atoms with Crippen LogP contribution in [-0.4, -0.2) is 60.3 Å². The van der Waals surface area contributed by atoms with Gasteiger partial charge in [0.25, 0.3) is 0 Å². The number of amides is 1. The van der Waals surface area contributed by atoms with Gasteiger partial charge in [0.05, 0.1) is 6.04 Å². The highest BCUT2D eigenvalue weighted by Crippen LogP contribution is 2.14. The van der Waals surface area contributed by atoms with Crippen LogP contribution in [0.3, 0.4) is 0 Å². The van der Waals surface area contributed by atoms with E-state index in [2.05, 4.69) is 39.4 Å². The summed E-state index contributed by atoms with van der Waals surface area (Å²) < 4.78 is 0. The first kappa shape index (κ1) is 21.0. The van der Waals surface area contributed by atoms with Crippen LogP contribution in [0.5, 0.6) is 0 Å². The fraction of sp³-hybridized carbons (Fsp3) is 0.333. The maximum Gasteiger partial charge on any atom is 0.241 e. The van der Waals surface area contributed by atoms with E-state index in [-0.39, 0.29) is 17.7 Å². The molecule has 29 heavy (non-hydrogen) atoms. The molecule has 2 aromatic carbocycles. The number of ketones is 1. The predicted molar refractivity (Wildman–Crippen MR) is 118 cm³/mol. The van der Waals surface area contributed by atoms with E-state index in [0.29, 0.717) is 11.3 Å². The zero-order chi connectivity index (χ0) is 20.6. The molecule has 0 spiro atoms. The van der Waals surface area contributed by atoms with Gasteiger partial charge in [-0.25, -0.2) is 0 Å². The predicted octanol–water partition coefficient (Wildman–Crippen LogP) is 3.55. The van der Waals surface area contributed by atoms with Crippen molar-refractivity contribution in [1.82, 2.24) is 9.80 Å². The number of piperazine rings is 1. The monoisotopic (exact) mass is 391 g/mol. The van der Waals surface area contributed by atoms with Gasteiger partial charge in [0.2, 0.25) is 5.91 Å². The molecule has 1 amide bonds. The second-order valence-electron chi connectivity index (χ2n) is 7.45. The molecule has 1 heterocycles. The van der Waals surface area contributed by atoms with Crippen LogP contribution < -0.4 is 5.32 Å². The minimum absolute atomic E-state index is 0.00779. The molecule has 1 fully saturated rings. The van der Waals surface area contributed by atoms with E-state index in [4.69, 9.17) is 0 Å². The lowest BCUT2D eigenvalue weighted by atomic mass is 10.1. The van der Waals surface area contributed by atoms with Crippen molar-refractivity contribution in [1.29, 1.82) is 0 Å². The zero-order valence-corrected chi connectivity index (χ0v) is 17.2. The highest BCUT2D eigenvalue weighted by atomic mass is 16.2. The molecule has 0 unspecified atom stereocenters. The first-order valence-corrected chi connectivity index (χ1v) is 10.1. The third-order valence-corrected chi connectivity index (χ3v) is 5.34. The Morgan fingerprint density at radius 2 is 1.76 bits per heavy atom. The number of nitrogens with one attached hydrogen (secondary N) is 1. The van der Waals surface area contributed by atoms with Crippen LogP contribution in [0.25, 0.3) is 6.08 Å². The van der Waals surface area contributed by atoms with Crippen LogP contribution in [-0.2, 0) is 4.79 Å². The molecule has 0 radical (unpaired) electrons. The third kappa shape index (κ3) is 6.11. The third-order valence-electron chi connectivity index (χ3n) is 5.34. The van der Waals surface area contributed by atoms with Gasteiger partial charge in [0.15, 0.2) is 5.78 Å². The standard InChI is InChI=1S/C24H29N3O2/c1-19(24(29)25-23-12-6-11-22(18-23)20(2)28)27-16-14-26(15-17-27)13-7-10-21-8-4-3-5-9-21/h3-12,18-19H,13-17H2,1-2H3,(H,25,29)/b10-7+/t19-/m0/s1. The molecule has 3 rings (SSSR count). The van der Waals surface area contributed by atoms with E-state index in [1.165, 1.54) is 12.5 Å². The van der Waals surface area contributed by atoms with E-state index >= 15 is 0 Å². The van der Waals surface area contributed by atoms with E-state index in [9.17, 15) is 9.59 Å². The summed E-state index contributed by atoms with van der Waals surface area (Å²) in [4.78, 5) is 28.8. The van der Waals surface area contributed by atoms with Gasteiger partial charge < -0.3 is 5.32 Å². The maximum absolute atomic E-state index is 12.6. The minimum Gasteiger partial charge on any atom is -0.325 e. The van der Waals surface area contributed by atoms with Gasteiger partial charge in [-0.2, -0.15) is 0 Å². The van der Waals surface area contributed by atoms with Gasteiger partial charge in [0.1, 0.15) is 0 Å². The molecular formula is C24H29N3O2. The molecule has 0 saturated carbocycles. The molecule has 2 aromatic rings. The average molecular weight is 392 g/mol. The topological polar surface area (TPSA) is 52.7 Å². The van der Waals surface area contributed by atoms with Gasteiger partial charge in [-0.05, 0) is 31.5 Å². The van der Waals surface area contributed by atoms with Crippen molar-refractivity contribution in [2.45, 2.75) is 19.9 Å². The molecule has 0 bridgehead atoms. The van der Waals surface area contributed by atoms with Crippen molar-refractivity contribution in [3.8, 4) is 0 Å². The summed E-state index contributed by atoms with van der Waals surface area (Å²) in [6.07, 6.45) is 4.35. The Morgan fingerprint density at radius 3 is 2.45 bits per heavy atom. The van der Waals surface area contributed by atoms with Gasteiger partial charge in [-0.15, -0.1) is 0 Å². The largest absolute Gasteiger partial charge is 0.325 e. The van der Waals surface area contributed by atoms with E-state index in [1.807, 2.05) is 31.2 Å². The average Bonchev–Trinajstić information content (AvgIpc) is 2.74. The van der Waals surface area contributed by atoms with Crippen molar-refractivity contribution in [3.63, 3.8) is 0 Å². The Morgan fingerprint density at radius 1 is 1.03 bits per heavy atom. The highest BCUT2D eigenvalue weighted by Gasteiger charge is 2.25. The van der Waals surface area contributed by atoms with Crippen molar-refractivity contribution in [3.05, 3.63) is 71.8 Å². The fourth-order valence-corrected chi connectivity index (χ4v) is 3.46. The number of carbonyl (C=O) groups is 2. The quantitative estimate of drug-likeness (QED) is 0.734. The number of hydrogen-bond acceptors (Lipinski definition) is 4. The molecular weight excluding hydrogens is 362 g/mol. The fourth-order valence-electron chi connectivity index (χ4n) is 3.46. The van der Waals surface area contributed by atoms with Crippen molar-refractivity contribution in [2.75, 3.05) is 38.0 Å². The molecule has 0 aliphatic carbocycles. The lowest BCUT2D eigenvalue weighted by molar-refractivity contribution is -0.121. The van der Waals surface area contributed by atoms with E-state index < -0.39 is 0 Å². The van der Waals surface area contributed by atoms with Gasteiger partial charge in [0, 0.05) is 44.0 Å². The van der Waals surface area contributed by atoms with E-state index in [1.54, 1.807) is 18.2 Å². The minimum atomic E-state index is -0.210. The smallest absolute Gasteiger partial charge is 0.241 e. The Hall–Kier alpha value is -2.76. The molecule has 1 aliphatic rings. The van der Waals surface area contributed by atoms with Crippen LogP contribution in [0.4, 0.5) is 5.69 Å². The Labute approximate surface area is 173 Å². The van der Waals surface area contributed by atoms with Crippen LogP contribution in [0.1, 0.15) is 29.8 Å². The summed E-state index contributed by atoms with van der Waals surface area (Å²) >= 11 is 0. The summed E-state index contributed by atoms with van der Waals surface area (Å²) in [6.45, 7) is 7.99. The van der Waals surface area contributed by atoms with Gasteiger partial charge in [-0.1, -0.05) is 54.6 Å². The van der Waals surface area contributed by atoms with Crippen molar-refractivity contribution < 1.29 is 9.59 Å². The van der Waals surface area contributed by atoms with Crippen LogP contribution in [0, 0.1) is 0 Å². The van der Waals surface area contributed by atoms with Crippen LogP contribution in [0.15, 0.2) is 60.7 Å². The van der Waals surface area contributed by atoms with Crippen molar-refractivity contribution >= 4 is 23.5 Å². The normalized spacial score (nSPS) is 16.6. The maximum atomic E-state index is 12.6. The van der Waals surface area contributed by atoms with Crippen molar-refractivity contribution in [2.24, 2.45) is 0 Å². The molecule has 152 valence electrons. The number of Topliss-reactive ketones (excluding diaryl/α,β-unsaturated/α-hetero) is 1. The molecule has 1 aliphatic heterocycles. The lowest BCUT2D eigenvalue weighted by Gasteiger charge is -2.37. The summed E-state index contributed by atoms with van der Waals surface area (Å²) in [5.41, 5.74) is 2.48. The van der Waals surface area contributed by atoms with Crippen LogP contribution in [0.2, 0.25) is 0 Å². The Bertz CT molecular complexity index is 855. The number of rotatable bonds is 7. The zero-order valence-electron chi connectivity index (χ0n) is 17.2. The number of carbonyl (C=O) groups excluding carboxylic acids is 2. The molecule has 1 N–H and O–H groups in total. The summed E-state index contributed by atoms with van der Waals surface area (Å²) in [5.74, 6) is -0.0466. The number of hydrogen-bond donors (Lipinski definition) is 1.